The molecule has 48 heavy (non-hydrogen) atoms. The first-order valence-electron chi connectivity index (χ1n) is 15.6. The van der Waals surface area contributed by atoms with E-state index in [1.165, 1.54) is 21.3 Å². The summed E-state index contributed by atoms with van der Waals surface area (Å²) in [6.07, 6.45) is 0. The first kappa shape index (κ1) is 32.3. The van der Waals surface area contributed by atoms with Crippen LogP contribution in [-0.4, -0.2) is 79.3 Å². The molecule has 0 saturated carbocycles. The molecular formula is C36H38N6O6. The lowest BCUT2D eigenvalue weighted by Gasteiger charge is -2.32. The minimum atomic E-state index is -1.11. The topological polar surface area (TPSA) is 120 Å². The van der Waals surface area contributed by atoms with Gasteiger partial charge in [-0.25, -0.2) is 4.68 Å². The molecule has 4 aromatic carbocycles. The fourth-order valence-corrected chi connectivity index (χ4v) is 5.88. The fourth-order valence-electron chi connectivity index (χ4n) is 5.88. The molecule has 1 saturated heterocycles. The molecule has 12 nitrogen and oxygen atoms in total. The molecule has 0 spiro atoms. The van der Waals surface area contributed by atoms with Crippen molar-refractivity contribution in [3.8, 4) is 17.2 Å². The second-order valence-electron chi connectivity index (χ2n) is 11.2. The first-order chi connectivity index (χ1) is 23.5. The van der Waals surface area contributed by atoms with E-state index >= 15 is 0 Å². The summed E-state index contributed by atoms with van der Waals surface area (Å²) in [7, 11) is 4.53. The quantitative estimate of drug-likeness (QED) is 0.205. The number of benzene rings is 4. The van der Waals surface area contributed by atoms with Crippen molar-refractivity contribution in [2.45, 2.75) is 19.1 Å². The summed E-state index contributed by atoms with van der Waals surface area (Å²) in [4.78, 5) is 32.7. The molecule has 1 aliphatic heterocycles. The standard InChI is InChI=1S/C36H38N6O6/c1-45-31-21-26(22-32(46-2)35(31)47-3)34(36(44)37-27-13-15-28(16-14-27)40-17-19-48-20-18-40)41(23-25-9-5-4-6-10-25)33(43)24-42-30-12-8-7-11-29(30)38-39-42/h4-16,21-22,34H,17-20,23-24H2,1-3H3,(H,37,44)/t34-/m0/s1. The van der Waals surface area contributed by atoms with Gasteiger partial charge in [-0.05, 0) is 59.7 Å². The number of hydrogen-bond donors (Lipinski definition) is 1. The van der Waals surface area contributed by atoms with E-state index in [4.69, 9.17) is 18.9 Å². The van der Waals surface area contributed by atoms with Gasteiger partial charge >= 0.3 is 0 Å². The second-order valence-corrected chi connectivity index (χ2v) is 11.2. The van der Waals surface area contributed by atoms with Crippen LogP contribution in [-0.2, 0) is 27.4 Å². The number of methoxy groups -OCH3 is 3. The zero-order chi connectivity index (χ0) is 33.5. The van der Waals surface area contributed by atoms with Gasteiger partial charge in [0.1, 0.15) is 18.1 Å². The molecule has 0 radical (unpaired) electrons. The Morgan fingerprint density at radius 1 is 0.875 bits per heavy atom. The lowest BCUT2D eigenvalue weighted by atomic mass is 10.0. The number of anilines is 2. The first-order valence-corrected chi connectivity index (χ1v) is 15.6. The average Bonchev–Trinajstić information content (AvgIpc) is 3.54. The summed E-state index contributed by atoms with van der Waals surface area (Å²) in [6.45, 7) is 2.93. The lowest BCUT2D eigenvalue weighted by molar-refractivity contribution is -0.140. The number of carbonyl (C=O) groups is 2. The molecular weight excluding hydrogens is 612 g/mol. The Balaban J connectivity index is 1.40. The maximum Gasteiger partial charge on any atom is 0.251 e. The van der Waals surface area contributed by atoms with Crippen LogP contribution in [0.4, 0.5) is 11.4 Å². The highest BCUT2D eigenvalue weighted by atomic mass is 16.5. The van der Waals surface area contributed by atoms with Crippen molar-refractivity contribution < 1.29 is 28.5 Å². The fraction of sp³-hybridized carbons (Fsp3) is 0.278. The molecule has 6 rings (SSSR count). The van der Waals surface area contributed by atoms with E-state index in [1.54, 1.807) is 21.7 Å². The van der Waals surface area contributed by atoms with Gasteiger partial charge in [0, 0.05) is 31.0 Å². The molecule has 0 aliphatic carbocycles. The number of nitrogens with zero attached hydrogens (tertiary/aromatic N) is 5. The molecule has 2 heterocycles. The Morgan fingerprint density at radius 2 is 1.54 bits per heavy atom. The van der Waals surface area contributed by atoms with E-state index in [-0.39, 0.29) is 19.0 Å². The molecule has 1 atom stereocenters. The summed E-state index contributed by atoms with van der Waals surface area (Å²) >= 11 is 0. The smallest absolute Gasteiger partial charge is 0.251 e. The molecule has 12 heteroatoms. The van der Waals surface area contributed by atoms with E-state index < -0.39 is 11.9 Å². The number of rotatable bonds is 12. The average molecular weight is 651 g/mol. The number of nitrogens with one attached hydrogen (secondary N) is 1. The predicted octanol–water partition coefficient (Wildman–Crippen LogP) is 4.70. The Hall–Kier alpha value is -5.62. The Morgan fingerprint density at radius 3 is 2.21 bits per heavy atom. The van der Waals surface area contributed by atoms with E-state index in [1.807, 2.05) is 78.9 Å². The van der Waals surface area contributed by atoms with Crippen LogP contribution >= 0.6 is 0 Å². The predicted molar refractivity (Wildman–Crippen MR) is 181 cm³/mol. The number of hydrogen-bond acceptors (Lipinski definition) is 9. The van der Waals surface area contributed by atoms with Crippen molar-refractivity contribution in [3.05, 3.63) is 102 Å². The monoisotopic (exact) mass is 650 g/mol. The number of morpholine rings is 1. The minimum Gasteiger partial charge on any atom is -0.493 e. The third-order valence-corrected chi connectivity index (χ3v) is 8.30. The van der Waals surface area contributed by atoms with Crippen LogP contribution in [0.2, 0.25) is 0 Å². The van der Waals surface area contributed by atoms with Gasteiger partial charge in [0.15, 0.2) is 11.5 Å². The summed E-state index contributed by atoms with van der Waals surface area (Å²) in [5.41, 5.74) is 4.32. The van der Waals surface area contributed by atoms with Gasteiger partial charge in [0.2, 0.25) is 11.7 Å². The molecule has 2 amide bonds. The molecule has 5 aromatic rings. The number of carbonyl (C=O) groups excluding carboxylic acids is 2. The number of fused-ring (bicyclic) bond motifs is 1. The van der Waals surface area contributed by atoms with Gasteiger partial charge in [-0.2, -0.15) is 0 Å². The number of para-hydroxylation sites is 1. The van der Waals surface area contributed by atoms with Gasteiger partial charge in [0.25, 0.3) is 5.91 Å². The highest BCUT2D eigenvalue weighted by molar-refractivity contribution is 5.98. The van der Waals surface area contributed by atoms with Crippen LogP contribution < -0.4 is 24.4 Å². The van der Waals surface area contributed by atoms with E-state index in [0.717, 1.165) is 24.3 Å². The Labute approximate surface area is 278 Å². The summed E-state index contributed by atoms with van der Waals surface area (Å²) in [6, 6.07) is 26.9. The van der Waals surface area contributed by atoms with Crippen LogP contribution in [0.3, 0.4) is 0 Å². The highest BCUT2D eigenvalue weighted by Crippen LogP contribution is 2.41. The zero-order valence-corrected chi connectivity index (χ0v) is 27.2. The number of amides is 2. The van der Waals surface area contributed by atoms with Crippen molar-refractivity contribution in [2.75, 3.05) is 57.8 Å². The van der Waals surface area contributed by atoms with Gasteiger partial charge in [-0.3, -0.25) is 9.59 Å². The molecule has 1 N–H and O–H groups in total. The molecule has 1 aromatic heterocycles. The number of ether oxygens (including phenoxy) is 4. The zero-order valence-electron chi connectivity index (χ0n) is 27.2. The summed E-state index contributed by atoms with van der Waals surface area (Å²) in [5, 5.41) is 11.5. The van der Waals surface area contributed by atoms with Gasteiger partial charge in [-0.1, -0.05) is 47.7 Å². The molecule has 248 valence electrons. The van der Waals surface area contributed by atoms with Crippen LogP contribution in [0, 0.1) is 0 Å². The van der Waals surface area contributed by atoms with Crippen molar-refractivity contribution in [2.24, 2.45) is 0 Å². The third-order valence-electron chi connectivity index (χ3n) is 8.30. The minimum absolute atomic E-state index is 0.136. The maximum atomic E-state index is 14.5. The molecule has 0 bridgehead atoms. The normalized spacial score (nSPS) is 13.5. The Bertz CT molecular complexity index is 1830. The maximum absolute atomic E-state index is 14.5. The molecule has 1 fully saturated rings. The van der Waals surface area contributed by atoms with E-state index in [0.29, 0.717) is 52.7 Å². The van der Waals surface area contributed by atoms with Gasteiger partial charge in [0.05, 0.1) is 40.1 Å². The van der Waals surface area contributed by atoms with Crippen molar-refractivity contribution >= 4 is 34.2 Å². The van der Waals surface area contributed by atoms with Crippen LogP contribution in [0.25, 0.3) is 11.0 Å². The summed E-state index contributed by atoms with van der Waals surface area (Å²) < 4.78 is 23.9. The van der Waals surface area contributed by atoms with Crippen LogP contribution in [0.5, 0.6) is 17.2 Å². The number of aromatic nitrogens is 3. The van der Waals surface area contributed by atoms with E-state index in [2.05, 4.69) is 20.5 Å². The second kappa shape index (κ2) is 14.9. The lowest BCUT2D eigenvalue weighted by Crippen LogP contribution is -2.42. The van der Waals surface area contributed by atoms with Crippen molar-refractivity contribution in [3.63, 3.8) is 0 Å². The Kier molecular flexibility index (Phi) is 10.0. The van der Waals surface area contributed by atoms with Crippen LogP contribution in [0.15, 0.2) is 91.0 Å². The third kappa shape index (κ3) is 7.03. The summed E-state index contributed by atoms with van der Waals surface area (Å²) in [5.74, 6) is 0.321. The van der Waals surface area contributed by atoms with Crippen LogP contribution in [0.1, 0.15) is 17.2 Å². The molecule has 0 unspecified atom stereocenters. The van der Waals surface area contributed by atoms with Crippen molar-refractivity contribution in [1.82, 2.24) is 19.9 Å². The van der Waals surface area contributed by atoms with Crippen molar-refractivity contribution in [1.29, 1.82) is 0 Å². The van der Waals surface area contributed by atoms with Gasteiger partial charge in [-0.15, -0.1) is 5.10 Å². The van der Waals surface area contributed by atoms with Gasteiger partial charge < -0.3 is 34.1 Å². The van der Waals surface area contributed by atoms with E-state index in [9.17, 15) is 9.59 Å². The SMILES string of the molecule is COc1cc([C@@H](C(=O)Nc2ccc(N3CCOCC3)cc2)N(Cc2ccccc2)C(=O)Cn2nnc3ccccc32)cc(OC)c1OC. The largest absolute Gasteiger partial charge is 0.493 e. The molecule has 1 aliphatic rings. The highest BCUT2D eigenvalue weighted by Gasteiger charge is 2.34.